The minimum absolute atomic E-state index is 0.173. The fourth-order valence-corrected chi connectivity index (χ4v) is 39.4. The van der Waals surface area contributed by atoms with Gasteiger partial charge in [-0.3, -0.25) is 0 Å². The molecule has 2 unspecified atom stereocenters. The SMILES string of the molecule is CC1=Cc2c(ccc(Br)c2C)[CH]1[Zr]([Cl])([Cl])([CH]1C(C)=Cc2c1ccc(Br)c2C)[SiH](C)C. The van der Waals surface area contributed by atoms with Gasteiger partial charge in [-0.05, 0) is 0 Å². The number of fused-ring (bicyclic) bond motifs is 2. The molecule has 2 aliphatic carbocycles. The maximum atomic E-state index is 8.10. The Morgan fingerprint density at radius 3 is 1.43 bits per heavy atom. The molecule has 0 bridgehead atoms. The molecule has 0 fully saturated rings. The van der Waals surface area contributed by atoms with Gasteiger partial charge in [0, 0.05) is 0 Å². The molecule has 2 aliphatic rings. The third-order valence-corrected chi connectivity index (χ3v) is 61.4. The van der Waals surface area contributed by atoms with Crippen LogP contribution in [-0.2, 0) is 15.6 Å². The van der Waals surface area contributed by atoms with Crippen LogP contribution in [0, 0.1) is 13.8 Å². The van der Waals surface area contributed by atoms with Crippen LogP contribution in [0.4, 0.5) is 0 Å². The van der Waals surface area contributed by atoms with Crippen molar-refractivity contribution in [2.75, 3.05) is 0 Å². The van der Waals surface area contributed by atoms with Crippen LogP contribution in [0.1, 0.15) is 54.5 Å². The third kappa shape index (κ3) is 3.18. The molecule has 2 atom stereocenters. The van der Waals surface area contributed by atoms with Crippen LogP contribution in [0.25, 0.3) is 12.2 Å². The van der Waals surface area contributed by atoms with Crippen molar-refractivity contribution in [3.63, 3.8) is 0 Å². The number of hydrogen-bond donors (Lipinski definition) is 0. The summed E-state index contributed by atoms with van der Waals surface area (Å²) in [5.41, 5.74) is 10.6. The van der Waals surface area contributed by atoms with E-state index in [0.29, 0.717) is 0 Å². The molecule has 0 aliphatic heterocycles. The Balaban J connectivity index is 2.01. The van der Waals surface area contributed by atoms with Gasteiger partial charge in [0.2, 0.25) is 0 Å². The second-order valence-corrected chi connectivity index (χ2v) is 53.6. The van der Waals surface area contributed by atoms with Gasteiger partial charge in [0.1, 0.15) is 0 Å². The molecule has 0 saturated carbocycles. The van der Waals surface area contributed by atoms with Gasteiger partial charge in [-0.15, -0.1) is 0 Å². The number of rotatable bonds is 3. The summed E-state index contributed by atoms with van der Waals surface area (Å²) in [6.45, 7) is 13.6. The molecular weight excluding hydrogens is 638 g/mol. The van der Waals surface area contributed by atoms with Crippen LogP contribution in [0.2, 0.25) is 13.1 Å². The Hall–Kier alpha value is 0.560. The fraction of sp³-hybridized carbons (Fsp3) is 0.333. The summed E-state index contributed by atoms with van der Waals surface area (Å²) >= 11 is 2.97. The maximum absolute atomic E-state index is 8.10. The third-order valence-electron chi connectivity index (χ3n) is 7.45. The quantitative estimate of drug-likeness (QED) is 0.287. The van der Waals surface area contributed by atoms with E-state index in [2.05, 4.69) is 109 Å². The number of hydrogen-bond acceptors (Lipinski definition) is 0. The van der Waals surface area contributed by atoms with E-state index in [9.17, 15) is 0 Å². The van der Waals surface area contributed by atoms with Gasteiger partial charge in [-0.2, -0.15) is 0 Å². The minimum atomic E-state index is -4.45. The van der Waals surface area contributed by atoms with E-state index >= 15 is 0 Å². The van der Waals surface area contributed by atoms with Gasteiger partial charge in [-0.1, -0.05) is 0 Å². The van der Waals surface area contributed by atoms with E-state index in [1.54, 1.807) is 0 Å². The monoisotopic (exact) mass is 661 g/mol. The topological polar surface area (TPSA) is 0 Å². The van der Waals surface area contributed by atoms with Gasteiger partial charge in [-0.25, -0.2) is 0 Å². The molecule has 0 N–H and O–H groups in total. The number of halogens is 4. The van der Waals surface area contributed by atoms with Crippen molar-refractivity contribution in [2.24, 2.45) is 0 Å². The normalized spacial score (nSPS) is 21.8. The van der Waals surface area contributed by atoms with E-state index < -0.39 is 21.5 Å². The summed E-state index contributed by atoms with van der Waals surface area (Å²) < 4.78 is 2.64. The van der Waals surface area contributed by atoms with E-state index in [1.165, 1.54) is 44.5 Å². The molecule has 6 heteroatoms. The molecule has 0 radical (unpaired) electrons. The zero-order valence-corrected chi connectivity index (χ0v) is 26.5. The second kappa shape index (κ2) is 7.81. The van der Waals surface area contributed by atoms with Crippen LogP contribution in [0.3, 0.4) is 0 Å². The number of allylic oxidation sites excluding steroid dienone is 2. The Morgan fingerprint density at radius 2 is 1.10 bits per heavy atom. The van der Waals surface area contributed by atoms with Crippen molar-refractivity contribution in [2.45, 2.75) is 48.0 Å². The molecule has 4 rings (SSSR count). The van der Waals surface area contributed by atoms with Crippen molar-refractivity contribution in [1.29, 1.82) is 0 Å². The summed E-state index contributed by atoms with van der Waals surface area (Å²) in [7, 11) is 16.2. The van der Waals surface area contributed by atoms with Crippen molar-refractivity contribution in [1.82, 2.24) is 0 Å². The van der Waals surface area contributed by atoms with Crippen LogP contribution in [0.5, 0.6) is 0 Å². The summed E-state index contributed by atoms with van der Waals surface area (Å²) in [5.74, 6) is -1.44. The van der Waals surface area contributed by atoms with E-state index in [1.807, 2.05) is 0 Å². The molecule has 0 spiro atoms. The summed E-state index contributed by atoms with van der Waals surface area (Å²) in [6, 6.07) is 8.87. The molecule has 159 valence electrons. The van der Waals surface area contributed by atoms with Crippen LogP contribution in [-0.4, -0.2) is 5.92 Å². The molecule has 0 saturated heterocycles. The van der Waals surface area contributed by atoms with Gasteiger partial charge < -0.3 is 0 Å². The Kier molecular flexibility index (Phi) is 6.17. The second-order valence-electron chi connectivity index (χ2n) is 9.37. The van der Waals surface area contributed by atoms with Crippen molar-refractivity contribution >= 4 is 67.0 Å². The van der Waals surface area contributed by atoms with Gasteiger partial charge in [0.25, 0.3) is 0 Å². The van der Waals surface area contributed by atoms with Gasteiger partial charge in [0.15, 0.2) is 0 Å². The van der Waals surface area contributed by atoms with Gasteiger partial charge in [0.05, 0.1) is 0 Å². The molecule has 0 heterocycles. The predicted octanol–water partition coefficient (Wildman–Crippen LogP) is 9.43. The average molecular weight is 666 g/mol. The van der Waals surface area contributed by atoms with Crippen LogP contribution < -0.4 is 0 Å². The van der Waals surface area contributed by atoms with E-state index in [-0.39, 0.29) is 7.25 Å². The standard InChI is InChI=1S/2C11H10Br.C2H7Si.2ClH.Zr/c2*1-7-5-9-3-4-11(12)8(2)10(9)6-7;1-3-2;;;/h2*3-6H,1-2H3;3H,1-2H3;2*1H;/q;;;;;+2/p-2. The average Bonchev–Trinajstić information content (AvgIpc) is 3.19. The molecule has 0 nitrogen and oxygen atoms in total. The van der Waals surface area contributed by atoms with Crippen molar-refractivity contribution < 1.29 is 15.6 Å². The first-order valence-corrected chi connectivity index (χ1v) is 28.3. The zero-order valence-electron chi connectivity index (χ0n) is 18.2. The summed E-state index contributed by atoms with van der Waals surface area (Å²) in [6.07, 6.45) is 4.69. The van der Waals surface area contributed by atoms with Crippen LogP contribution in [0.15, 0.2) is 44.4 Å². The summed E-state index contributed by atoms with van der Waals surface area (Å²) in [5, 5.41) is 0. The Morgan fingerprint density at radius 1 is 0.733 bits per heavy atom. The molecule has 2 aromatic carbocycles. The van der Waals surface area contributed by atoms with Crippen molar-refractivity contribution in [3.8, 4) is 0 Å². The molecule has 30 heavy (non-hydrogen) atoms. The fourth-order valence-electron chi connectivity index (χ4n) is 5.74. The van der Waals surface area contributed by atoms with E-state index in [0.717, 1.165) is 8.95 Å². The Bertz CT molecular complexity index is 1070. The Labute approximate surface area is 206 Å². The molecule has 2 aromatic rings. The summed E-state index contributed by atoms with van der Waals surface area (Å²) in [4.78, 5) is 0. The van der Waals surface area contributed by atoms with E-state index in [4.69, 9.17) is 17.0 Å². The first kappa shape index (κ1) is 23.7. The first-order chi connectivity index (χ1) is 13.9. The number of benzene rings is 2. The molecule has 0 aromatic heterocycles. The molecular formula is C24H27Br2Cl2SiZr. The van der Waals surface area contributed by atoms with Crippen molar-refractivity contribution in [3.05, 3.63) is 77.7 Å². The molecule has 0 amide bonds. The van der Waals surface area contributed by atoms with Gasteiger partial charge >= 0.3 is 208 Å². The van der Waals surface area contributed by atoms with Crippen LogP contribution >= 0.6 is 48.9 Å². The first-order valence-electron chi connectivity index (χ1n) is 10.4. The zero-order chi connectivity index (χ0) is 22.2. The predicted molar refractivity (Wildman–Crippen MR) is 141 cm³/mol.